The monoisotopic (exact) mass is 348 g/mol. The van der Waals surface area contributed by atoms with Gasteiger partial charge in [-0.2, -0.15) is 18.3 Å². The van der Waals surface area contributed by atoms with Gasteiger partial charge in [0.1, 0.15) is 5.56 Å². The highest BCUT2D eigenvalue weighted by molar-refractivity contribution is 5.46. The highest BCUT2D eigenvalue weighted by atomic mass is 19.4. The van der Waals surface area contributed by atoms with E-state index in [0.29, 0.717) is 6.61 Å². The smallest absolute Gasteiger partial charge is 0.394 e. The highest BCUT2D eigenvalue weighted by Crippen LogP contribution is 2.35. The molecule has 1 saturated heterocycles. The number of aliphatic hydroxyl groups is 1. The molecule has 3 N–H and O–H groups in total. The largest absolute Gasteiger partial charge is 0.420 e. The van der Waals surface area contributed by atoms with Gasteiger partial charge in [-0.1, -0.05) is 13.8 Å². The quantitative estimate of drug-likeness (QED) is 0.753. The van der Waals surface area contributed by atoms with Gasteiger partial charge in [0.25, 0.3) is 0 Å². The fraction of sp³-hybridized carbons (Fsp3) is 0.733. The number of nitrogens with one attached hydrogen (secondary N) is 2. The Kier molecular flexibility index (Phi) is 5.67. The van der Waals surface area contributed by atoms with E-state index in [1.54, 1.807) is 13.8 Å². The second-order valence-corrected chi connectivity index (χ2v) is 6.54. The van der Waals surface area contributed by atoms with Crippen LogP contribution in [0.5, 0.6) is 0 Å². The van der Waals surface area contributed by atoms with Gasteiger partial charge in [0.05, 0.1) is 31.1 Å². The molecule has 1 aliphatic rings. The summed E-state index contributed by atoms with van der Waals surface area (Å²) in [4.78, 5) is 0. The molecular weight excluding hydrogens is 325 g/mol. The maximum absolute atomic E-state index is 13.3. The number of halogens is 3. The first-order valence-corrected chi connectivity index (χ1v) is 7.82. The van der Waals surface area contributed by atoms with Crippen molar-refractivity contribution in [2.24, 2.45) is 0 Å². The van der Waals surface area contributed by atoms with E-state index in [1.807, 2.05) is 6.92 Å². The Morgan fingerprint density at radius 1 is 1.46 bits per heavy atom. The Bertz CT molecular complexity index is 568. The van der Waals surface area contributed by atoms with Crippen molar-refractivity contribution in [1.29, 1.82) is 0 Å². The van der Waals surface area contributed by atoms with Crippen LogP contribution < -0.4 is 10.6 Å². The second kappa shape index (κ2) is 7.20. The lowest BCUT2D eigenvalue weighted by Crippen LogP contribution is -2.63. The summed E-state index contributed by atoms with van der Waals surface area (Å²) in [6.45, 7) is 5.82. The topological polar surface area (TPSA) is 79.3 Å². The van der Waals surface area contributed by atoms with Crippen molar-refractivity contribution in [2.75, 3.05) is 31.7 Å². The standard InChI is InChI=1S/C15H23F3N4O2/c1-9(2)12-4-11(15(16,17)18)13(22-21-12)19-6-14(7-23)8-24-5-10(3)20-14/h4,9-10,20,23H,5-8H2,1-3H3,(H,19,22)/t10-,14+/m1/s1. The summed E-state index contributed by atoms with van der Waals surface area (Å²) in [6, 6.07) is 1.00. The van der Waals surface area contributed by atoms with Gasteiger partial charge in [0, 0.05) is 12.6 Å². The molecule has 1 aliphatic heterocycles. The fourth-order valence-electron chi connectivity index (χ4n) is 2.57. The van der Waals surface area contributed by atoms with Crippen molar-refractivity contribution >= 4 is 5.82 Å². The number of ether oxygens (including phenoxy) is 1. The van der Waals surface area contributed by atoms with Gasteiger partial charge >= 0.3 is 6.18 Å². The molecule has 0 amide bonds. The molecule has 0 bridgehead atoms. The first-order chi connectivity index (χ1) is 11.2. The zero-order valence-electron chi connectivity index (χ0n) is 13.9. The number of morpholine rings is 1. The molecule has 2 atom stereocenters. The average Bonchev–Trinajstić information content (AvgIpc) is 2.52. The van der Waals surface area contributed by atoms with E-state index >= 15 is 0 Å². The van der Waals surface area contributed by atoms with E-state index in [-0.39, 0.29) is 43.2 Å². The Morgan fingerprint density at radius 3 is 2.71 bits per heavy atom. The van der Waals surface area contributed by atoms with Crippen molar-refractivity contribution in [1.82, 2.24) is 15.5 Å². The molecule has 0 spiro atoms. The minimum atomic E-state index is -4.54. The number of hydrogen-bond acceptors (Lipinski definition) is 6. The summed E-state index contributed by atoms with van der Waals surface area (Å²) >= 11 is 0. The summed E-state index contributed by atoms with van der Waals surface area (Å²) in [5.41, 5.74) is -1.45. The van der Waals surface area contributed by atoms with Gasteiger partial charge < -0.3 is 20.5 Å². The number of hydrogen-bond donors (Lipinski definition) is 3. The fourth-order valence-corrected chi connectivity index (χ4v) is 2.57. The zero-order valence-corrected chi connectivity index (χ0v) is 13.9. The molecule has 0 saturated carbocycles. The molecule has 2 heterocycles. The molecule has 1 fully saturated rings. The molecule has 24 heavy (non-hydrogen) atoms. The molecule has 1 aromatic rings. The van der Waals surface area contributed by atoms with Crippen LogP contribution in [-0.2, 0) is 10.9 Å². The van der Waals surface area contributed by atoms with E-state index in [1.165, 1.54) is 0 Å². The summed E-state index contributed by atoms with van der Waals surface area (Å²) in [7, 11) is 0. The Labute approximate surface area is 138 Å². The van der Waals surface area contributed by atoms with Crippen LogP contribution in [-0.4, -0.2) is 53.3 Å². The molecule has 6 nitrogen and oxygen atoms in total. The minimum Gasteiger partial charge on any atom is -0.394 e. The van der Waals surface area contributed by atoms with Gasteiger partial charge in [-0.15, -0.1) is 5.10 Å². The lowest BCUT2D eigenvalue weighted by Gasteiger charge is -2.40. The molecule has 0 aromatic carbocycles. The summed E-state index contributed by atoms with van der Waals surface area (Å²) in [5.74, 6) is -0.509. The van der Waals surface area contributed by atoms with E-state index in [9.17, 15) is 18.3 Å². The first kappa shape index (κ1) is 18.9. The van der Waals surface area contributed by atoms with Gasteiger partial charge in [0.2, 0.25) is 0 Å². The van der Waals surface area contributed by atoms with Crippen molar-refractivity contribution in [2.45, 2.75) is 44.4 Å². The summed E-state index contributed by atoms with van der Waals surface area (Å²) in [6.07, 6.45) is -4.54. The maximum Gasteiger partial charge on any atom is 0.420 e. The van der Waals surface area contributed by atoms with Gasteiger partial charge in [-0.05, 0) is 18.9 Å². The third kappa shape index (κ3) is 4.34. The molecule has 2 rings (SSSR count). The van der Waals surface area contributed by atoms with Gasteiger partial charge in [0.15, 0.2) is 5.82 Å². The summed E-state index contributed by atoms with van der Waals surface area (Å²) in [5, 5.41) is 23.0. The molecule has 1 aromatic heterocycles. The number of rotatable bonds is 5. The SMILES string of the molecule is CC(C)c1cc(C(F)(F)F)c(NC[C@]2(CO)COC[C@@H](C)N2)nn1. The zero-order chi connectivity index (χ0) is 18.0. The predicted octanol–water partition coefficient (Wildman–Crippen LogP) is 1.77. The van der Waals surface area contributed by atoms with Crippen LogP contribution in [0.1, 0.15) is 37.9 Å². The van der Waals surface area contributed by atoms with Crippen LogP contribution >= 0.6 is 0 Å². The Morgan fingerprint density at radius 2 is 2.17 bits per heavy atom. The highest BCUT2D eigenvalue weighted by Gasteiger charge is 2.38. The summed E-state index contributed by atoms with van der Waals surface area (Å²) < 4.78 is 45.3. The Balaban J connectivity index is 2.22. The molecule has 136 valence electrons. The first-order valence-electron chi connectivity index (χ1n) is 7.82. The molecule has 0 unspecified atom stereocenters. The lowest BCUT2D eigenvalue weighted by molar-refractivity contribution is -0.137. The van der Waals surface area contributed by atoms with Gasteiger partial charge in [-0.25, -0.2) is 0 Å². The maximum atomic E-state index is 13.3. The third-order valence-electron chi connectivity index (χ3n) is 3.91. The average molecular weight is 348 g/mol. The van der Waals surface area contributed by atoms with E-state index < -0.39 is 17.3 Å². The van der Waals surface area contributed by atoms with Crippen molar-refractivity contribution in [3.05, 3.63) is 17.3 Å². The van der Waals surface area contributed by atoms with Crippen LogP contribution in [0.15, 0.2) is 6.07 Å². The van der Waals surface area contributed by atoms with Crippen molar-refractivity contribution in [3.63, 3.8) is 0 Å². The van der Waals surface area contributed by atoms with E-state index in [2.05, 4.69) is 20.8 Å². The van der Waals surface area contributed by atoms with E-state index in [0.717, 1.165) is 6.07 Å². The molecule has 0 aliphatic carbocycles. The number of nitrogens with zero attached hydrogens (tertiary/aromatic N) is 2. The van der Waals surface area contributed by atoms with Crippen LogP contribution in [0.2, 0.25) is 0 Å². The molecular formula is C15H23F3N4O2. The van der Waals surface area contributed by atoms with Gasteiger partial charge in [-0.3, -0.25) is 0 Å². The number of aliphatic hydroxyl groups excluding tert-OH is 1. The third-order valence-corrected chi connectivity index (χ3v) is 3.91. The number of anilines is 1. The van der Waals surface area contributed by atoms with Crippen molar-refractivity contribution in [3.8, 4) is 0 Å². The number of alkyl halides is 3. The molecule has 0 radical (unpaired) electrons. The van der Waals surface area contributed by atoms with E-state index in [4.69, 9.17) is 4.74 Å². The second-order valence-electron chi connectivity index (χ2n) is 6.54. The Hall–Kier alpha value is -1.45. The van der Waals surface area contributed by atoms with Crippen LogP contribution in [0.4, 0.5) is 19.0 Å². The lowest BCUT2D eigenvalue weighted by atomic mass is 9.98. The van der Waals surface area contributed by atoms with Crippen LogP contribution in [0, 0.1) is 0 Å². The van der Waals surface area contributed by atoms with Crippen LogP contribution in [0.25, 0.3) is 0 Å². The van der Waals surface area contributed by atoms with Crippen LogP contribution in [0.3, 0.4) is 0 Å². The normalized spacial score (nSPS) is 25.1. The van der Waals surface area contributed by atoms with Crippen molar-refractivity contribution < 1.29 is 23.0 Å². The number of aromatic nitrogens is 2. The predicted molar refractivity (Wildman–Crippen MR) is 82.8 cm³/mol. The molecule has 9 heteroatoms. The minimum absolute atomic E-state index is 0.0100.